The van der Waals surface area contributed by atoms with Gasteiger partial charge in [-0.2, -0.15) is 0 Å². The molecule has 1 aromatic heterocycles. The van der Waals surface area contributed by atoms with Gasteiger partial charge in [-0.25, -0.2) is 22.5 Å². The Kier molecular flexibility index (Phi) is 7.33. The molecule has 0 bridgehead atoms. The van der Waals surface area contributed by atoms with Crippen LogP contribution in [-0.2, 0) is 21.4 Å². The van der Waals surface area contributed by atoms with Crippen LogP contribution in [0.5, 0.6) is 0 Å². The number of amides is 1. The Bertz CT molecular complexity index is 931. The van der Waals surface area contributed by atoms with Crippen LogP contribution in [0.15, 0.2) is 34.5 Å². The summed E-state index contributed by atoms with van der Waals surface area (Å²) in [4.78, 5) is 18.9. The minimum atomic E-state index is -3.78. The topological polar surface area (TPSA) is 91.4 Å². The lowest BCUT2D eigenvalue weighted by Crippen LogP contribution is -2.33. The van der Waals surface area contributed by atoms with Crippen molar-refractivity contribution in [3.8, 4) is 0 Å². The highest BCUT2D eigenvalue weighted by atomic mass is 32.2. The summed E-state index contributed by atoms with van der Waals surface area (Å²) in [6.07, 6.45) is 2.43. The number of halogens is 1. The lowest BCUT2D eigenvalue weighted by molar-refractivity contribution is -0.116. The van der Waals surface area contributed by atoms with Crippen molar-refractivity contribution < 1.29 is 17.6 Å². The number of hydrogen-bond acceptors (Lipinski definition) is 6. The SMILES string of the molecule is CC1CCCN(Cc2csc(NC(=O)CCNS(=O)(=O)c3ccc(F)cc3)n2)C1. The number of hydrogen-bond donors (Lipinski definition) is 2. The second-order valence-corrected chi connectivity index (χ2v) is 9.90. The molecule has 1 aliphatic rings. The molecule has 2 N–H and O–H groups in total. The average molecular weight is 441 g/mol. The van der Waals surface area contributed by atoms with Crippen molar-refractivity contribution in [1.82, 2.24) is 14.6 Å². The second-order valence-electron chi connectivity index (χ2n) is 7.28. The van der Waals surface area contributed by atoms with Crippen molar-refractivity contribution in [3.05, 3.63) is 41.2 Å². The summed E-state index contributed by atoms with van der Waals surface area (Å²) >= 11 is 1.36. The van der Waals surface area contributed by atoms with Crippen molar-refractivity contribution in [2.24, 2.45) is 5.92 Å². The summed E-state index contributed by atoms with van der Waals surface area (Å²) in [5, 5.41) is 5.15. The van der Waals surface area contributed by atoms with E-state index < -0.39 is 15.8 Å². The van der Waals surface area contributed by atoms with Crippen LogP contribution in [0, 0.1) is 11.7 Å². The highest BCUT2D eigenvalue weighted by Gasteiger charge is 2.18. The maximum Gasteiger partial charge on any atom is 0.240 e. The molecule has 3 rings (SSSR count). The maximum atomic E-state index is 12.9. The number of likely N-dealkylation sites (tertiary alicyclic amines) is 1. The Hall–Kier alpha value is -1.88. The second kappa shape index (κ2) is 9.75. The summed E-state index contributed by atoms with van der Waals surface area (Å²) in [5.74, 6) is -0.138. The minimum absolute atomic E-state index is 0.0288. The molecular weight excluding hydrogens is 415 g/mol. The molecular formula is C19H25FN4O3S2. The van der Waals surface area contributed by atoms with Gasteiger partial charge in [0.15, 0.2) is 5.13 Å². The van der Waals surface area contributed by atoms with E-state index in [1.807, 2.05) is 5.38 Å². The van der Waals surface area contributed by atoms with Crippen molar-refractivity contribution in [2.75, 3.05) is 25.0 Å². The first-order chi connectivity index (χ1) is 13.8. The molecule has 1 atom stereocenters. The van der Waals surface area contributed by atoms with E-state index in [1.165, 1.54) is 36.3 Å². The molecule has 29 heavy (non-hydrogen) atoms. The first kappa shape index (κ1) is 21.8. The predicted octanol–water partition coefficient (Wildman–Crippen LogP) is 2.82. The number of aromatic nitrogens is 1. The molecule has 0 spiro atoms. The summed E-state index contributed by atoms with van der Waals surface area (Å²) < 4.78 is 39.5. The van der Waals surface area contributed by atoms with Crippen LogP contribution >= 0.6 is 11.3 Å². The number of carbonyl (C=O) groups is 1. The zero-order valence-corrected chi connectivity index (χ0v) is 17.9. The van der Waals surface area contributed by atoms with Crippen LogP contribution < -0.4 is 10.0 Å². The fourth-order valence-electron chi connectivity index (χ4n) is 3.27. The molecule has 1 saturated heterocycles. The fourth-order valence-corrected chi connectivity index (χ4v) is 5.02. The lowest BCUT2D eigenvalue weighted by atomic mass is 10.0. The third-order valence-electron chi connectivity index (χ3n) is 4.69. The largest absolute Gasteiger partial charge is 0.302 e. The van der Waals surface area contributed by atoms with E-state index in [9.17, 15) is 17.6 Å². The summed E-state index contributed by atoms with van der Waals surface area (Å²) in [5.41, 5.74) is 0.927. The third-order valence-corrected chi connectivity index (χ3v) is 6.98. The van der Waals surface area contributed by atoms with Crippen molar-refractivity contribution in [3.63, 3.8) is 0 Å². The molecule has 0 radical (unpaired) electrons. The highest BCUT2D eigenvalue weighted by molar-refractivity contribution is 7.89. The minimum Gasteiger partial charge on any atom is -0.302 e. The number of sulfonamides is 1. The van der Waals surface area contributed by atoms with Crippen LogP contribution in [0.4, 0.5) is 9.52 Å². The average Bonchev–Trinajstić information content (AvgIpc) is 3.08. The lowest BCUT2D eigenvalue weighted by Gasteiger charge is -2.30. The van der Waals surface area contributed by atoms with E-state index >= 15 is 0 Å². The van der Waals surface area contributed by atoms with Gasteiger partial charge in [-0.3, -0.25) is 9.69 Å². The first-order valence-electron chi connectivity index (χ1n) is 9.53. The molecule has 1 aromatic carbocycles. The van der Waals surface area contributed by atoms with Gasteiger partial charge >= 0.3 is 0 Å². The van der Waals surface area contributed by atoms with Crippen LogP contribution in [0.2, 0.25) is 0 Å². The molecule has 1 amide bonds. The number of anilines is 1. The fraction of sp³-hybridized carbons (Fsp3) is 0.474. The molecule has 1 fully saturated rings. The molecule has 10 heteroatoms. The van der Waals surface area contributed by atoms with Gasteiger partial charge in [0.2, 0.25) is 15.9 Å². The zero-order valence-electron chi connectivity index (χ0n) is 16.2. The normalized spacial score (nSPS) is 17.9. The Labute approximate surface area is 174 Å². The van der Waals surface area contributed by atoms with Crippen molar-refractivity contribution in [2.45, 2.75) is 37.6 Å². The Balaban J connectivity index is 1.44. The quantitative estimate of drug-likeness (QED) is 0.659. The zero-order chi connectivity index (χ0) is 20.9. The molecule has 7 nitrogen and oxygen atoms in total. The number of nitrogens with zero attached hydrogens (tertiary/aromatic N) is 2. The van der Waals surface area contributed by atoms with Crippen LogP contribution in [0.1, 0.15) is 31.9 Å². The predicted molar refractivity (Wildman–Crippen MR) is 111 cm³/mol. The van der Waals surface area contributed by atoms with E-state index in [0.29, 0.717) is 11.0 Å². The summed E-state index contributed by atoms with van der Waals surface area (Å²) in [6, 6.07) is 4.51. The molecule has 0 aliphatic carbocycles. The van der Waals surface area contributed by atoms with Crippen molar-refractivity contribution >= 4 is 32.4 Å². The molecule has 0 saturated carbocycles. The number of carbonyl (C=O) groups excluding carboxylic acids is 1. The van der Waals surface area contributed by atoms with Gasteiger partial charge in [-0.05, 0) is 49.6 Å². The Morgan fingerprint density at radius 3 is 2.83 bits per heavy atom. The van der Waals surface area contributed by atoms with Gasteiger partial charge in [0.25, 0.3) is 0 Å². The first-order valence-corrected chi connectivity index (χ1v) is 11.9. The van der Waals surface area contributed by atoms with E-state index in [4.69, 9.17) is 0 Å². The number of piperidine rings is 1. The number of benzene rings is 1. The number of rotatable bonds is 8. The summed E-state index contributed by atoms with van der Waals surface area (Å²) in [6.45, 7) is 5.10. The summed E-state index contributed by atoms with van der Waals surface area (Å²) in [7, 11) is -3.78. The number of thiazole rings is 1. The van der Waals surface area contributed by atoms with Crippen molar-refractivity contribution in [1.29, 1.82) is 0 Å². The monoisotopic (exact) mass is 440 g/mol. The van der Waals surface area contributed by atoms with Gasteiger partial charge in [-0.15, -0.1) is 11.3 Å². The standard InChI is InChI=1S/C19H25FN4O3S2/c1-14-3-2-10-24(11-14)12-16-13-28-19(22-16)23-18(25)8-9-21-29(26,27)17-6-4-15(20)5-7-17/h4-7,13-14,21H,2-3,8-12H2,1H3,(H,22,23,25). The van der Waals surface area contributed by atoms with Crippen LogP contribution in [0.3, 0.4) is 0 Å². The Morgan fingerprint density at radius 1 is 1.34 bits per heavy atom. The third kappa shape index (κ3) is 6.56. The van der Waals surface area contributed by atoms with E-state index in [1.54, 1.807) is 0 Å². The molecule has 1 unspecified atom stereocenters. The smallest absolute Gasteiger partial charge is 0.240 e. The molecule has 2 aromatic rings. The van der Waals surface area contributed by atoms with E-state index in [-0.39, 0.29) is 23.8 Å². The van der Waals surface area contributed by atoms with E-state index in [2.05, 4.69) is 26.8 Å². The molecule has 158 valence electrons. The van der Waals surface area contributed by atoms with Gasteiger partial charge in [0.1, 0.15) is 5.82 Å². The Morgan fingerprint density at radius 2 is 2.10 bits per heavy atom. The van der Waals surface area contributed by atoms with Gasteiger partial charge < -0.3 is 5.32 Å². The van der Waals surface area contributed by atoms with Gasteiger partial charge in [0.05, 0.1) is 10.6 Å². The van der Waals surface area contributed by atoms with Crippen LogP contribution in [0.25, 0.3) is 0 Å². The van der Waals surface area contributed by atoms with Gasteiger partial charge in [-0.1, -0.05) is 6.92 Å². The molecule has 1 aliphatic heterocycles. The van der Waals surface area contributed by atoms with Crippen LogP contribution in [-0.4, -0.2) is 43.8 Å². The van der Waals surface area contributed by atoms with E-state index in [0.717, 1.165) is 37.5 Å². The van der Waals surface area contributed by atoms with Gasteiger partial charge in [0, 0.05) is 31.4 Å². The number of nitrogens with one attached hydrogen (secondary N) is 2. The molecule has 2 heterocycles. The highest BCUT2D eigenvalue weighted by Crippen LogP contribution is 2.21. The maximum absolute atomic E-state index is 12.9.